The summed E-state index contributed by atoms with van der Waals surface area (Å²) in [6.07, 6.45) is 14.7. The van der Waals surface area contributed by atoms with Crippen LogP contribution in [0.15, 0.2) is 90.1 Å². The van der Waals surface area contributed by atoms with Crippen molar-refractivity contribution in [2.24, 2.45) is 11.3 Å². The summed E-state index contributed by atoms with van der Waals surface area (Å²) in [5, 5.41) is 16.0. The molecule has 2 aromatic heterocycles. The van der Waals surface area contributed by atoms with Crippen LogP contribution in [0.3, 0.4) is 0 Å². The number of aromatic nitrogens is 2. The molecule has 1 spiro atoms. The average molecular weight is 860 g/mol. The Kier molecular flexibility index (Phi) is 10.9. The van der Waals surface area contributed by atoms with Crippen LogP contribution in [-0.2, 0) is 14.8 Å². The van der Waals surface area contributed by atoms with Gasteiger partial charge in [-0.1, -0.05) is 24.3 Å². The molecule has 0 bridgehead atoms. The van der Waals surface area contributed by atoms with Gasteiger partial charge in [0, 0.05) is 74.3 Å². The van der Waals surface area contributed by atoms with E-state index in [1.165, 1.54) is 57.2 Å². The van der Waals surface area contributed by atoms with E-state index in [2.05, 4.69) is 54.1 Å². The standard InChI is InChI=1S/C47H53N7O7S/c55-46(51-62(58,59)37-10-12-41(43(26-37)54(56)57)49-29-31-14-22-60-23-15-31)40-11-9-34(25-44(40)61-36-24-33-13-18-48-45(33)50-30-36)52-20-16-47(17-21-52)27-35(28-47)53-19-3-6-42(53)39-5-2-1-4-38(39)32-7-8-32/h1-2,4-5,9-13,18,24-26,30-32,35,42,49H,3,6-8,14-17,19-23,27-29H2,(H,48,50)(H,51,55)/t42-/m1/s1. The highest BCUT2D eigenvalue weighted by Crippen LogP contribution is 2.55. The Hall–Kier alpha value is -5.51. The zero-order valence-electron chi connectivity index (χ0n) is 34.8. The van der Waals surface area contributed by atoms with Gasteiger partial charge in [0.15, 0.2) is 0 Å². The highest BCUT2D eigenvalue weighted by atomic mass is 32.2. The Bertz CT molecular complexity index is 2590. The topological polar surface area (TPSA) is 172 Å². The third kappa shape index (κ3) is 8.25. The summed E-state index contributed by atoms with van der Waals surface area (Å²) in [5.74, 6) is 0.650. The molecule has 5 aliphatic rings. The number of anilines is 2. The SMILES string of the molecule is O=C(NS(=O)(=O)c1ccc(NCC2CCOCC2)c([N+](=O)[O-])c1)c1ccc(N2CCC3(CC2)CC(N2CCC[C@@H]2c2ccccc2C2CC2)C3)cc1Oc1cnc2[nH]ccc2c1. The number of pyridine rings is 1. The number of nitrogens with one attached hydrogen (secondary N) is 3. The number of rotatable bonds is 13. The number of nitrogens with zero attached hydrogens (tertiary/aromatic N) is 4. The number of nitro benzene ring substituents is 1. The molecule has 0 radical (unpaired) electrons. The Morgan fingerprint density at radius 1 is 0.952 bits per heavy atom. The maximum atomic E-state index is 13.9. The van der Waals surface area contributed by atoms with Gasteiger partial charge in [-0.3, -0.25) is 19.8 Å². The minimum absolute atomic E-state index is 0.00511. The van der Waals surface area contributed by atoms with Crippen molar-refractivity contribution in [3.05, 3.63) is 112 Å². The second-order valence-electron chi connectivity index (χ2n) is 18.0. The first-order valence-electron chi connectivity index (χ1n) is 22.1. The Morgan fingerprint density at radius 3 is 2.52 bits per heavy atom. The molecule has 2 aliphatic carbocycles. The largest absolute Gasteiger partial charge is 0.455 e. The minimum Gasteiger partial charge on any atom is -0.455 e. The van der Waals surface area contributed by atoms with E-state index < -0.39 is 31.4 Å². The summed E-state index contributed by atoms with van der Waals surface area (Å²) in [5.41, 5.74) is 4.81. The number of likely N-dealkylation sites (tertiary alicyclic amines) is 1. The molecule has 3 aliphatic heterocycles. The van der Waals surface area contributed by atoms with Gasteiger partial charge < -0.3 is 24.7 Å². The third-order valence-corrected chi connectivity index (χ3v) is 15.4. The highest BCUT2D eigenvalue weighted by Gasteiger charge is 2.50. The molecule has 3 saturated heterocycles. The molecule has 3 aromatic carbocycles. The van der Waals surface area contributed by atoms with E-state index >= 15 is 0 Å². The smallest absolute Gasteiger partial charge is 0.293 e. The van der Waals surface area contributed by atoms with Crippen molar-refractivity contribution in [1.29, 1.82) is 0 Å². The van der Waals surface area contributed by atoms with E-state index in [0.717, 1.165) is 61.8 Å². The molecule has 10 rings (SSSR count). The van der Waals surface area contributed by atoms with Crippen LogP contribution in [0, 0.1) is 21.4 Å². The van der Waals surface area contributed by atoms with Gasteiger partial charge in [-0.05, 0) is 136 Å². The van der Waals surface area contributed by atoms with Crippen molar-refractivity contribution < 1.29 is 27.6 Å². The monoisotopic (exact) mass is 859 g/mol. The number of sulfonamides is 1. The maximum absolute atomic E-state index is 13.9. The molecule has 14 nitrogen and oxygen atoms in total. The van der Waals surface area contributed by atoms with Gasteiger partial charge in [0.25, 0.3) is 21.6 Å². The van der Waals surface area contributed by atoms with E-state index in [1.54, 1.807) is 41.7 Å². The number of ether oxygens (including phenoxy) is 2. The Balaban J connectivity index is 0.841. The Morgan fingerprint density at radius 2 is 1.74 bits per heavy atom. The number of H-pyrrole nitrogens is 1. The van der Waals surface area contributed by atoms with Crippen molar-refractivity contribution in [1.82, 2.24) is 19.6 Å². The van der Waals surface area contributed by atoms with E-state index in [9.17, 15) is 23.3 Å². The van der Waals surface area contributed by atoms with Crippen LogP contribution >= 0.6 is 0 Å². The second-order valence-corrected chi connectivity index (χ2v) is 19.7. The molecule has 324 valence electrons. The number of hydrogen-bond acceptors (Lipinski definition) is 11. The number of nitro groups is 1. The number of aromatic amines is 1. The molecule has 1 amide bonds. The maximum Gasteiger partial charge on any atom is 0.293 e. The fourth-order valence-corrected chi connectivity index (χ4v) is 11.5. The zero-order valence-corrected chi connectivity index (χ0v) is 35.6. The van der Waals surface area contributed by atoms with Gasteiger partial charge >= 0.3 is 0 Å². The number of carbonyl (C=O) groups excluding carboxylic acids is 1. The molecule has 5 heterocycles. The molecule has 1 atom stereocenters. The van der Waals surface area contributed by atoms with Crippen molar-refractivity contribution in [3.63, 3.8) is 0 Å². The summed E-state index contributed by atoms with van der Waals surface area (Å²) < 4.78 is 41.3. The van der Waals surface area contributed by atoms with Gasteiger partial charge in [0.05, 0.1) is 21.6 Å². The summed E-state index contributed by atoms with van der Waals surface area (Å²) >= 11 is 0. The first-order valence-corrected chi connectivity index (χ1v) is 23.6. The first-order chi connectivity index (χ1) is 30.1. The number of benzene rings is 3. The van der Waals surface area contributed by atoms with Gasteiger partial charge in [0.2, 0.25) is 0 Å². The summed E-state index contributed by atoms with van der Waals surface area (Å²) in [6, 6.07) is 22.8. The molecule has 62 heavy (non-hydrogen) atoms. The number of carbonyl (C=O) groups is 1. The lowest BCUT2D eigenvalue weighted by Crippen LogP contribution is -2.54. The van der Waals surface area contributed by atoms with Crippen LogP contribution in [0.25, 0.3) is 11.0 Å². The summed E-state index contributed by atoms with van der Waals surface area (Å²) in [7, 11) is -4.53. The minimum atomic E-state index is -4.53. The first kappa shape index (κ1) is 40.6. The zero-order chi connectivity index (χ0) is 42.4. The summed E-state index contributed by atoms with van der Waals surface area (Å²) in [6.45, 7) is 4.65. The molecule has 2 saturated carbocycles. The molecule has 0 unspecified atom stereocenters. The molecule has 5 fully saturated rings. The third-order valence-electron chi connectivity index (χ3n) is 14.1. The molecular weight excluding hydrogens is 807 g/mol. The van der Waals surface area contributed by atoms with Crippen molar-refractivity contribution in [3.8, 4) is 11.5 Å². The van der Waals surface area contributed by atoms with Crippen LogP contribution in [0.1, 0.15) is 97.7 Å². The van der Waals surface area contributed by atoms with E-state index in [1.807, 2.05) is 12.1 Å². The lowest BCUT2D eigenvalue weighted by Gasteiger charge is -2.56. The predicted octanol–water partition coefficient (Wildman–Crippen LogP) is 8.68. The van der Waals surface area contributed by atoms with Gasteiger partial charge in [-0.15, -0.1) is 0 Å². The molecule has 5 aromatic rings. The van der Waals surface area contributed by atoms with Crippen LogP contribution in [0.2, 0.25) is 0 Å². The van der Waals surface area contributed by atoms with Crippen molar-refractivity contribution in [2.45, 2.75) is 87.1 Å². The van der Waals surface area contributed by atoms with E-state index in [0.29, 0.717) is 48.7 Å². The lowest BCUT2D eigenvalue weighted by molar-refractivity contribution is -0.384. The van der Waals surface area contributed by atoms with Crippen molar-refractivity contribution >= 4 is 44.0 Å². The predicted molar refractivity (Wildman–Crippen MR) is 236 cm³/mol. The fourth-order valence-electron chi connectivity index (χ4n) is 10.5. The summed E-state index contributed by atoms with van der Waals surface area (Å²) in [4.78, 5) is 37.6. The van der Waals surface area contributed by atoms with E-state index in [-0.39, 0.29) is 22.9 Å². The van der Waals surface area contributed by atoms with Crippen LogP contribution in [0.5, 0.6) is 11.5 Å². The lowest BCUT2D eigenvalue weighted by atomic mass is 9.59. The van der Waals surface area contributed by atoms with Crippen LogP contribution in [-0.4, -0.2) is 79.6 Å². The average Bonchev–Trinajstić information content (AvgIpc) is 3.82. The quantitative estimate of drug-likeness (QED) is 0.0764. The fraction of sp³-hybridized carbons (Fsp3) is 0.447. The van der Waals surface area contributed by atoms with E-state index in [4.69, 9.17) is 9.47 Å². The normalized spacial score (nSPS) is 20.9. The number of hydrogen-bond donors (Lipinski definition) is 3. The molecular formula is C47H53N7O7S. The second kappa shape index (κ2) is 16.6. The molecule has 3 N–H and O–H groups in total. The number of amides is 1. The van der Waals surface area contributed by atoms with Gasteiger partial charge in [0.1, 0.15) is 22.8 Å². The number of fused-ring (bicyclic) bond motifs is 1. The van der Waals surface area contributed by atoms with Gasteiger partial charge in [-0.25, -0.2) is 18.1 Å². The van der Waals surface area contributed by atoms with Crippen molar-refractivity contribution in [2.75, 3.05) is 49.6 Å². The van der Waals surface area contributed by atoms with Gasteiger partial charge in [-0.2, -0.15) is 0 Å². The molecule has 15 heteroatoms. The number of piperidine rings is 1. The highest BCUT2D eigenvalue weighted by molar-refractivity contribution is 7.90. The van der Waals surface area contributed by atoms with Crippen LogP contribution in [0.4, 0.5) is 17.1 Å². The van der Waals surface area contributed by atoms with Crippen LogP contribution < -0.4 is 19.7 Å². The Labute approximate surface area is 361 Å².